The van der Waals surface area contributed by atoms with Gasteiger partial charge in [0.15, 0.2) is 0 Å². The first-order valence-electron chi connectivity index (χ1n) is 10.5. The predicted octanol–water partition coefficient (Wildman–Crippen LogP) is 6.47. The van der Waals surface area contributed by atoms with Crippen molar-refractivity contribution in [1.82, 2.24) is 0 Å². The molecule has 34 heavy (non-hydrogen) atoms. The zero-order valence-corrected chi connectivity index (χ0v) is 19.8. The van der Waals surface area contributed by atoms with Crippen LogP contribution in [0.5, 0.6) is 5.75 Å². The average molecular weight is 500 g/mol. The molecule has 1 saturated heterocycles. The summed E-state index contributed by atoms with van der Waals surface area (Å²) in [6.07, 6.45) is 0. The maximum Gasteiger partial charge on any atom is 0.300 e. The number of anilines is 1. The smallest absolute Gasteiger partial charge is 0.300 e. The number of aliphatic hydroxyl groups excluding tert-OH is 1. The molecule has 1 heterocycles. The van der Waals surface area contributed by atoms with E-state index in [1.165, 1.54) is 35.2 Å². The van der Waals surface area contributed by atoms with Crippen LogP contribution in [-0.2, 0) is 9.59 Å². The molecule has 5 nitrogen and oxygen atoms in total. The summed E-state index contributed by atoms with van der Waals surface area (Å²) in [5, 5.41) is 11.8. The summed E-state index contributed by atoms with van der Waals surface area (Å²) in [6, 6.07) is 13.9. The first-order valence-corrected chi connectivity index (χ1v) is 11.2. The largest absolute Gasteiger partial charge is 0.507 e. The summed E-state index contributed by atoms with van der Waals surface area (Å²) in [5.41, 5.74) is 1.74. The molecule has 0 bridgehead atoms. The SMILES string of the molecule is CCOc1ccc(/C(O)=C2/C(=O)C(=O)N(c3ccc(F)cc3)C2c2ccc(Cl)c(Cl)c2)cc1C. The molecular weight excluding hydrogens is 480 g/mol. The van der Waals surface area contributed by atoms with E-state index < -0.39 is 23.5 Å². The normalized spacial score (nSPS) is 17.3. The van der Waals surface area contributed by atoms with Crippen LogP contribution in [0, 0.1) is 12.7 Å². The summed E-state index contributed by atoms with van der Waals surface area (Å²) < 4.78 is 19.1. The quantitative estimate of drug-likeness (QED) is 0.248. The summed E-state index contributed by atoms with van der Waals surface area (Å²) in [5.74, 6) is -1.91. The van der Waals surface area contributed by atoms with Gasteiger partial charge < -0.3 is 9.84 Å². The van der Waals surface area contributed by atoms with Gasteiger partial charge in [0.2, 0.25) is 0 Å². The van der Waals surface area contributed by atoms with Crippen molar-refractivity contribution in [2.75, 3.05) is 11.5 Å². The van der Waals surface area contributed by atoms with Gasteiger partial charge in [0.1, 0.15) is 17.3 Å². The van der Waals surface area contributed by atoms with Crippen molar-refractivity contribution in [2.24, 2.45) is 0 Å². The van der Waals surface area contributed by atoms with Gasteiger partial charge in [0.25, 0.3) is 11.7 Å². The van der Waals surface area contributed by atoms with E-state index in [1.807, 2.05) is 13.8 Å². The van der Waals surface area contributed by atoms with E-state index in [-0.39, 0.29) is 16.4 Å². The fourth-order valence-electron chi connectivity index (χ4n) is 3.97. The van der Waals surface area contributed by atoms with Crippen LogP contribution in [0.3, 0.4) is 0 Å². The molecule has 3 aromatic rings. The molecule has 0 spiro atoms. The number of halogens is 3. The molecule has 1 aliphatic heterocycles. The Morgan fingerprint density at radius 1 is 1.03 bits per heavy atom. The Labute approximate surface area is 206 Å². The van der Waals surface area contributed by atoms with E-state index in [0.717, 1.165) is 5.56 Å². The fraction of sp³-hybridized carbons (Fsp3) is 0.154. The molecule has 1 fully saturated rings. The Kier molecular flexibility index (Phi) is 6.64. The van der Waals surface area contributed by atoms with E-state index in [2.05, 4.69) is 0 Å². The highest BCUT2D eigenvalue weighted by atomic mass is 35.5. The number of benzene rings is 3. The molecule has 1 N–H and O–H groups in total. The number of Topliss-reactive ketones (excluding diaryl/α,β-unsaturated/α-hetero) is 1. The molecule has 1 atom stereocenters. The van der Waals surface area contributed by atoms with Crippen LogP contribution in [0.1, 0.15) is 29.7 Å². The van der Waals surface area contributed by atoms with Gasteiger partial charge in [-0.2, -0.15) is 0 Å². The number of rotatable bonds is 5. The van der Waals surface area contributed by atoms with Crippen LogP contribution < -0.4 is 9.64 Å². The van der Waals surface area contributed by atoms with Crippen molar-refractivity contribution in [3.8, 4) is 5.75 Å². The summed E-state index contributed by atoms with van der Waals surface area (Å²) in [6.45, 7) is 4.16. The topological polar surface area (TPSA) is 66.8 Å². The van der Waals surface area contributed by atoms with E-state index in [4.69, 9.17) is 27.9 Å². The van der Waals surface area contributed by atoms with E-state index in [9.17, 15) is 19.1 Å². The van der Waals surface area contributed by atoms with Crippen molar-refractivity contribution in [3.63, 3.8) is 0 Å². The van der Waals surface area contributed by atoms with Crippen LogP contribution in [0.4, 0.5) is 10.1 Å². The van der Waals surface area contributed by atoms with Crippen molar-refractivity contribution in [3.05, 3.63) is 98.8 Å². The molecule has 0 radical (unpaired) electrons. The molecule has 0 aliphatic carbocycles. The highest BCUT2D eigenvalue weighted by molar-refractivity contribution is 6.51. The lowest BCUT2D eigenvalue weighted by Crippen LogP contribution is -2.29. The first-order chi connectivity index (χ1) is 16.2. The third kappa shape index (κ3) is 4.27. The maximum atomic E-state index is 13.6. The molecule has 1 amide bonds. The van der Waals surface area contributed by atoms with E-state index in [1.54, 1.807) is 30.3 Å². The van der Waals surface area contributed by atoms with Crippen LogP contribution in [0.2, 0.25) is 10.0 Å². The van der Waals surface area contributed by atoms with E-state index in [0.29, 0.717) is 34.2 Å². The van der Waals surface area contributed by atoms with Crippen LogP contribution in [0.15, 0.2) is 66.2 Å². The number of carbonyl (C=O) groups excluding carboxylic acids is 2. The lowest BCUT2D eigenvalue weighted by molar-refractivity contribution is -0.132. The van der Waals surface area contributed by atoms with Gasteiger partial charge in [-0.1, -0.05) is 29.3 Å². The second-order valence-electron chi connectivity index (χ2n) is 7.73. The van der Waals surface area contributed by atoms with Crippen LogP contribution >= 0.6 is 23.2 Å². The number of hydrogen-bond donors (Lipinski definition) is 1. The fourth-order valence-corrected chi connectivity index (χ4v) is 4.27. The van der Waals surface area contributed by atoms with Crippen molar-refractivity contribution < 1.29 is 23.8 Å². The molecule has 0 saturated carbocycles. The third-order valence-electron chi connectivity index (χ3n) is 5.56. The van der Waals surface area contributed by atoms with E-state index >= 15 is 0 Å². The minimum absolute atomic E-state index is 0.115. The number of aliphatic hydroxyl groups is 1. The number of ether oxygens (including phenoxy) is 1. The first kappa shape index (κ1) is 23.8. The highest BCUT2D eigenvalue weighted by Crippen LogP contribution is 2.43. The van der Waals surface area contributed by atoms with Gasteiger partial charge in [-0.15, -0.1) is 0 Å². The Bertz CT molecular complexity index is 1320. The Morgan fingerprint density at radius 3 is 2.35 bits per heavy atom. The molecule has 8 heteroatoms. The van der Waals surface area contributed by atoms with Gasteiger partial charge in [-0.25, -0.2) is 4.39 Å². The number of hydrogen-bond acceptors (Lipinski definition) is 4. The summed E-state index contributed by atoms with van der Waals surface area (Å²) in [4.78, 5) is 27.5. The molecular formula is C26H20Cl2FNO4. The molecule has 174 valence electrons. The Balaban J connectivity index is 1.93. The van der Waals surface area contributed by atoms with Gasteiger partial charge >= 0.3 is 0 Å². The molecule has 1 aliphatic rings. The minimum Gasteiger partial charge on any atom is -0.507 e. The van der Waals surface area contributed by atoms with Crippen LogP contribution in [0.25, 0.3) is 5.76 Å². The third-order valence-corrected chi connectivity index (χ3v) is 6.30. The lowest BCUT2D eigenvalue weighted by Gasteiger charge is -2.25. The zero-order chi connectivity index (χ0) is 24.6. The predicted molar refractivity (Wildman–Crippen MR) is 130 cm³/mol. The molecule has 0 aromatic heterocycles. The number of carbonyl (C=O) groups is 2. The van der Waals surface area contributed by atoms with Gasteiger partial charge in [-0.3, -0.25) is 14.5 Å². The van der Waals surface area contributed by atoms with Crippen LogP contribution in [-0.4, -0.2) is 23.4 Å². The summed E-state index contributed by atoms with van der Waals surface area (Å²) in [7, 11) is 0. The maximum absolute atomic E-state index is 13.6. The van der Waals surface area contributed by atoms with Crippen molar-refractivity contribution >= 4 is 46.3 Å². The Hall–Kier alpha value is -3.35. The zero-order valence-electron chi connectivity index (χ0n) is 18.3. The van der Waals surface area contributed by atoms with Gasteiger partial charge in [-0.05, 0) is 79.6 Å². The number of nitrogens with zero attached hydrogens (tertiary/aromatic N) is 1. The number of aryl methyl sites for hydroxylation is 1. The molecule has 1 unspecified atom stereocenters. The average Bonchev–Trinajstić information content (AvgIpc) is 3.08. The summed E-state index contributed by atoms with van der Waals surface area (Å²) >= 11 is 12.3. The highest BCUT2D eigenvalue weighted by Gasteiger charge is 2.47. The van der Waals surface area contributed by atoms with Gasteiger partial charge in [0, 0.05) is 11.3 Å². The van der Waals surface area contributed by atoms with Gasteiger partial charge in [0.05, 0.1) is 28.3 Å². The Morgan fingerprint density at radius 2 is 1.74 bits per heavy atom. The number of amides is 1. The number of ketones is 1. The van der Waals surface area contributed by atoms with Crippen molar-refractivity contribution in [2.45, 2.75) is 19.9 Å². The molecule has 4 rings (SSSR count). The minimum atomic E-state index is -1.01. The monoisotopic (exact) mass is 499 g/mol. The second-order valence-corrected chi connectivity index (χ2v) is 8.55. The lowest BCUT2D eigenvalue weighted by atomic mass is 9.94. The van der Waals surface area contributed by atoms with Crippen molar-refractivity contribution in [1.29, 1.82) is 0 Å². The standard InChI is InChI=1S/C26H20Cl2FNO4/c1-3-34-21-11-5-16(12-14(21)2)24(31)22-23(15-4-10-19(27)20(28)13-15)30(26(33)25(22)32)18-8-6-17(29)7-9-18/h4-13,23,31H,3H2,1-2H3/b24-22-. The molecule has 3 aromatic carbocycles. The second kappa shape index (κ2) is 9.49.